The standard InChI is InChI=1S/C19H33N3.H2/c1-16(2)14-21-9-11-22(12-10-21)15-19-7-5-18(6-8-19)13-20-17(3)4;/h5-8,16-17,20H,9-15H2,1-4H3;1H. The summed E-state index contributed by atoms with van der Waals surface area (Å²) >= 11 is 0. The van der Waals surface area contributed by atoms with Crippen molar-refractivity contribution in [3.8, 4) is 0 Å². The van der Waals surface area contributed by atoms with E-state index >= 15 is 0 Å². The zero-order valence-corrected chi connectivity index (χ0v) is 14.8. The van der Waals surface area contributed by atoms with E-state index in [1.165, 1.54) is 43.9 Å². The predicted octanol–water partition coefficient (Wildman–Crippen LogP) is 3.20. The van der Waals surface area contributed by atoms with Crippen LogP contribution in [0.2, 0.25) is 0 Å². The van der Waals surface area contributed by atoms with E-state index in [1.807, 2.05) is 0 Å². The molecule has 3 nitrogen and oxygen atoms in total. The van der Waals surface area contributed by atoms with E-state index in [0.29, 0.717) is 6.04 Å². The molecule has 1 N–H and O–H groups in total. The molecule has 2 rings (SSSR count). The Bertz CT molecular complexity index is 423. The van der Waals surface area contributed by atoms with Gasteiger partial charge >= 0.3 is 0 Å². The van der Waals surface area contributed by atoms with Crippen LogP contribution in [0.15, 0.2) is 24.3 Å². The first-order valence-corrected chi connectivity index (χ1v) is 8.79. The molecule has 0 radical (unpaired) electrons. The molecule has 1 aromatic carbocycles. The van der Waals surface area contributed by atoms with Gasteiger partial charge in [0.1, 0.15) is 0 Å². The summed E-state index contributed by atoms with van der Waals surface area (Å²) in [7, 11) is 0. The van der Waals surface area contributed by atoms with Crippen LogP contribution in [0.25, 0.3) is 0 Å². The Labute approximate surface area is 138 Å². The van der Waals surface area contributed by atoms with E-state index in [2.05, 4.69) is 67.1 Å². The minimum absolute atomic E-state index is 0. The van der Waals surface area contributed by atoms with Gasteiger partial charge in [-0.15, -0.1) is 0 Å². The first-order valence-electron chi connectivity index (χ1n) is 8.79. The van der Waals surface area contributed by atoms with Crippen LogP contribution in [-0.2, 0) is 13.1 Å². The van der Waals surface area contributed by atoms with Gasteiger partial charge in [0.15, 0.2) is 0 Å². The lowest BCUT2D eigenvalue weighted by atomic mass is 10.1. The van der Waals surface area contributed by atoms with Crippen LogP contribution in [-0.4, -0.2) is 48.6 Å². The third-order valence-corrected chi connectivity index (χ3v) is 4.23. The summed E-state index contributed by atoms with van der Waals surface area (Å²) in [6.07, 6.45) is 0. The molecule has 1 heterocycles. The molecule has 1 aliphatic heterocycles. The molecule has 0 spiro atoms. The molecule has 1 saturated heterocycles. The van der Waals surface area contributed by atoms with Gasteiger partial charge in [0, 0.05) is 53.3 Å². The summed E-state index contributed by atoms with van der Waals surface area (Å²) in [4.78, 5) is 5.18. The maximum Gasteiger partial charge on any atom is 0.0234 e. The average Bonchev–Trinajstić information content (AvgIpc) is 2.48. The number of hydrogen-bond donors (Lipinski definition) is 1. The molecule has 1 aliphatic rings. The largest absolute Gasteiger partial charge is 0.310 e. The van der Waals surface area contributed by atoms with Crippen LogP contribution in [0, 0.1) is 5.92 Å². The van der Waals surface area contributed by atoms with Gasteiger partial charge in [-0.05, 0) is 17.0 Å². The van der Waals surface area contributed by atoms with Gasteiger partial charge in [-0.25, -0.2) is 0 Å². The van der Waals surface area contributed by atoms with Crippen molar-refractivity contribution in [2.75, 3.05) is 32.7 Å². The van der Waals surface area contributed by atoms with Crippen LogP contribution in [0.5, 0.6) is 0 Å². The minimum atomic E-state index is 0. The van der Waals surface area contributed by atoms with Crippen LogP contribution in [0.3, 0.4) is 0 Å². The third-order valence-electron chi connectivity index (χ3n) is 4.23. The van der Waals surface area contributed by atoms with Gasteiger partial charge in [-0.2, -0.15) is 0 Å². The molecule has 0 atom stereocenters. The molecule has 0 bridgehead atoms. The number of piperazine rings is 1. The quantitative estimate of drug-likeness (QED) is 0.834. The van der Waals surface area contributed by atoms with Gasteiger partial charge in [0.25, 0.3) is 0 Å². The summed E-state index contributed by atoms with van der Waals surface area (Å²) in [5, 5.41) is 3.47. The maximum absolute atomic E-state index is 3.47. The molecule has 3 heteroatoms. The Morgan fingerprint density at radius 2 is 1.45 bits per heavy atom. The Morgan fingerprint density at radius 3 is 2.00 bits per heavy atom. The van der Waals surface area contributed by atoms with Crippen molar-refractivity contribution in [3.63, 3.8) is 0 Å². The SMILES string of the molecule is CC(C)CN1CCN(Cc2ccc(CNC(C)C)cc2)CC1.[HH]. The zero-order valence-electron chi connectivity index (χ0n) is 14.8. The monoisotopic (exact) mass is 305 g/mol. The van der Waals surface area contributed by atoms with Crippen LogP contribution in [0.1, 0.15) is 40.2 Å². The van der Waals surface area contributed by atoms with E-state index in [4.69, 9.17) is 0 Å². The van der Waals surface area contributed by atoms with Gasteiger partial charge in [0.2, 0.25) is 0 Å². The lowest BCUT2D eigenvalue weighted by Crippen LogP contribution is -2.46. The fourth-order valence-corrected chi connectivity index (χ4v) is 2.99. The average molecular weight is 306 g/mol. The number of rotatable bonds is 7. The van der Waals surface area contributed by atoms with Gasteiger partial charge in [-0.1, -0.05) is 52.0 Å². The summed E-state index contributed by atoms with van der Waals surface area (Å²) in [6.45, 7) is 17.1. The fourth-order valence-electron chi connectivity index (χ4n) is 2.99. The second-order valence-corrected chi connectivity index (χ2v) is 7.32. The predicted molar refractivity (Wildman–Crippen MR) is 97.1 cm³/mol. The van der Waals surface area contributed by atoms with Crippen LogP contribution < -0.4 is 5.32 Å². The fraction of sp³-hybridized carbons (Fsp3) is 0.684. The lowest BCUT2D eigenvalue weighted by Gasteiger charge is -2.35. The summed E-state index contributed by atoms with van der Waals surface area (Å²) in [5.41, 5.74) is 2.81. The Morgan fingerprint density at radius 1 is 0.909 bits per heavy atom. The molecule has 0 saturated carbocycles. The number of hydrogen-bond acceptors (Lipinski definition) is 3. The van der Waals surface area contributed by atoms with E-state index in [1.54, 1.807) is 0 Å². The molecule has 0 aliphatic carbocycles. The van der Waals surface area contributed by atoms with Crippen molar-refractivity contribution in [2.45, 2.75) is 46.8 Å². The molecule has 0 aromatic heterocycles. The molecule has 1 fully saturated rings. The van der Waals surface area contributed by atoms with Gasteiger partial charge in [0.05, 0.1) is 0 Å². The van der Waals surface area contributed by atoms with Crippen molar-refractivity contribution < 1.29 is 1.43 Å². The van der Waals surface area contributed by atoms with Crippen LogP contribution in [0.4, 0.5) is 0 Å². The first kappa shape index (κ1) is 17.5. The Hall–Kier alpha value is -0.900. The summed E-state index contributed by atoms with van der Waals surface area (Å²) < 4.78 is 0. The van der Waals surface area contributed by atoms with Crippen LogP contribution >= 0.6 is 0 Å². The highest BCUT2D eigenvalue weighted by Crippen LogP contribution is 2.11. The van der Waals surface area contributed by atoms with E-state index in [9.17, 15) is 0 Å². The Kier molecular flexibility index (Phi) is 6.87. The second-order valence-electron chi connectivity index (χ2n) is 7.32. The highest BCUT2D eigenvalue weighted by Gasteiger charge is 2.17. The van der Waals surface area contributed by atoms with E-state index < -0.39 is 0 Å². The topological polar surface area (TPSA) is 18.5 Å². The highest BCUT2D eigenvalue weighted by atomic mass is 15.3. The molecular formula is C19H35N3. The molecule has 0 unspecified atom stereocenters. The van der Waals surface area contributed by atoms with Crippen molar-refractivity contribution in [2.24, 2.45) is 5.92 Å². The van der Waals surface area contributed by atoms with Crippen molar-refractivity contribution >= 4 is 0 Å². The van der Waals surface area contributed by atoms with Crippen molar-refractivity contribution in [1.29, 1.82) is 0 Å². The molecule has 126 valence electrons. The summed E-state index contributed by atoms with van der Waals surface area (Å²) in [6, 6.07) is 9.65. The lowest BCUT2D eigenvalue weighted by molar-refractivity contribution is 0.117. The number of benzene rings is 1. The maximum atomic E-state index is 3.47. The van der Waals surface area contributed by atoms with E-state index in [0.717, 1.165) is 19.0 Å². The molecular weight excluding hydrogens is 270 g/mol. The Balaban J connectivity index is 0.00000264. The summed E-state index contributed by atoms with van der Waals surface area (Å²) in [5.74, 6) is 0.776. The molecule has 1 aromatic rings. The van der Waals surface area contributed by atoms with Crippen molar-refractivity contribution in [1.82, 2.24) is 15.1 Å². The smallest absolute Gasteiger partial charge is 0.0234 e. The van der Waals surface area contributed by atoms with E-state index in [-0.39, 0.29) is 1.43 Å². The molecule has 22 heavy (non-hydrogen) atoms. The van der Waals surface area contributed by atoms with Gasteiger partial charge < -0.3 is 10.2 Å². The van der Waals surface area contributed by atoms with Gasteiger partial charge in [-0.3, -0.25) is 4.90 Å². The first-order chi connectivity index (χ1) is 10.5. The normalized spacial score (nSPS) is 17.5. The second kappa shape index (κ2) is 8.66. The minimum Gasteiger partial charge on any atom is -0.310 e. The molecule has 0 amide bonds. The number of nitrogens with zero attached hydrogens (tertiary/aromatic N) is 2. The third kappa shape index (κ3) is 6.07. The van der Waals surface area contributed by atoms with Crippen molar-refractivity contribution in [3.05, 3.63) is 35.4 Å². The highest BCUT2D eigenvalue weighted by molar-refractivity contribution is 5.22. The number of nitrogens with one attached hydrogen (secondary N) is 1. The zero-order chi connectivity index (χ0) is 15.9.